The molecule has 1 aliphatic rings. The van der Waals surface area contributed by atoms with Gasteiger partial charge in [-0.25, -0.2) is 9.97 Å². The fourth-order valence-corrected chi connectivity index (χ4v) is 3.55. The van der Waals surface area contributed by atoms with Crippen molar-refractivity contribution in [3.05, 3.63) is 41.3 Å². The number of likely N-dealkylation sites (tertiary alicyclic amines) is 1. The second-order valence-electron chi connectivity index (χ2n) is 7.33. The molecule has 3 aromatic rings. The highest BCUT2D eigenvalue weighted by atomic mass is 16.2. The van der Waals surface area contributed by atoms with Gasteiger partial charge in [-0.3, -0.25) is 9.89 Å². The number of aromatic amines is 1. The number of rotatable bonds is 4. The van der Waals surface area contributed by atoms with Crippen LogP contribution in [0.15, 0.2) is 24.3 Å². The Hall–Kier alpha value is -3.00. The van der Waals surface area contributed by atoms with E-state index in [0.29, 0.717) is 30.8 Å². The quantitative estimate of drug-likeness (QED) is 0.644. The third-order valence-corrected chi connectivity index (χ3v) is 5.19. The lowest BCUT2D eigenvalue weighted by molar-refractivity contribution is 0.0695. The molecule has 1 saturated heterocycles. The van der Waals surface area contributed by atoms with Gasteiger partial charge in [0.05, 0.1) is 5.52 Å². The second-order valence-corrected chi connectivity index (χ2v) is 7.33. The molecule has 1 aliphatic heterocycles. The smallest absolute Gasteiger partial charge is 0.291 e. The van der Waals surface area contributed by atoms with E-state index in [1.165, 1.54) is 0 Å². The zero-order chi connectivity index (χ0) is 19.7. The molecule has 3 N–H and O–H groups in total. The Bertz CT molecular complexity index is 1000. The van der Waals surface area contributed by atoms with Gasteiger partial charge in [-0.2, -0.15) is 5.10 Å². The number of carbonyl (C=O) groups excluding carboxylic acids is 1. The van der Waals surface area contributed by atoms with Crippen LogP contribution >= 0.6 is 0 Å². The number of carbonyl (C=O) groups is 1. The van der Waals surface area contributed by atoms with Crippen molar-refractivity contribution in [2.45, 2.75) is 32.7 Å². The summed E-state index contributed by atoms with van der Waals surface area (Å²) in [7, 11) is 1.96. The van der Waals surface area contributed by atoms with Crippen molar-refractivity contribution in [1.29, 1.82) is 0 Å². The summed E-state index contributed by atoms with van der Waals surface area (Å²) in [5, 5.41) is 14.5. The van der Waals surface area contributed by atoms with Crippen LogP contribution in [-0.4, -0.2) is 57.2 Å². The van der Waals surface area contributed by atoms with Crippen molar-refractivity contribution < 1.29 is 4.79 Å². The molecule has 28 heavy (non-hydrogen) atoms. The molecule has 0 aliphatic carbocycles. The zero-order valence-electron chi connectivity index (χ0n) is 16.4. The summed E-state index contributed by atoms with van der Waals surface area (Å²) < 4.78 is 0. The van der Waals surface area contributed by atoms with Gasteiger partial charge in [0, 0.05) is 36.3 Å². The predicted octanol–water partition coefficient (Wildman–Crippen LogP) is 2.54. The van der Waals surface area contributed by atoms with Crippen molar-refractivity contribution in [2.75, 3.05) is 25.5 Å². The summed E-state index contributed by atoms with van der Waals surface area (Å²) in [6.07, 6.45) is 1.87. The molecule has 2 aromatic heterocycles. The number of hydrogen-bond acceptors (Lipinski definition) is 6. The largest absolute Gasteiger partial charge is 0.336 e. The number of H-pyrrole nitrogens is 1. The van der Waals surface area contributed by atoms with Gasteiger partial charge in [-0.15, -0.1) is 0 Å². The minimum absolute atomic E-state index is 0.127. The number of amides is 1. The Balaban J connectivity index is 1.69. The van der Waals surface area contributed by atoms with Gasteiger partial charge >= 0.3 is 0 Å². The number of aryl methyl sites for hydroxylation is 2. The molecule has 3 heterocycles. The van der Waals surface area contributed by atoms with E-state index in [-0.39, 0.29) is 11.7 Å². The molecule has 1 amide bonds. The highest BCUT2D eigenvalue weighted by Gasteiger charge is 2.25. The highest BCUT2D eigenvalue weighted by molar-refractivity contribution is 5.97. The fraction of sp³-hybridized carbons (Fsp3) is 0.400. The molecule has 0 saturated carbocycles. The molecule has 8 nitrogen and oxygen atoms in total. The highest BCUT2D eigenvalue weighted by Crippen LogP contribution is 2.25. The van der Waals surface area contributed by atoms with E-state index in [1.807, 2.05) is 50.1 Å². The molecule has 1 aromatic carbocycles. The summed E-state index contributed by atoms with van der Waals surface area (Å²) in [5.74, 6) is 1.34. The van der Waals surface area contributed by atoms with Gasteiger partial charge in [-0.05, 0) is 45.9 Å². The molecule has 8 heteroatoms. The fourth-order valence-electron chi connectivity index (χ4n) is 3.55. The lowest BCUT2D eigenvalue weighted by atomic mass is 10.1. The second kappa shape index (κ2) is 7.55. The normalized spacial score (nSPS) is 15.2. The first-order valence-corrected chi connectivity index (χ1v) is 9.57. The standard InChI is InChI=1S/C20H25N7O/c1-12-4-5-16-15(10-12)18(23-17-11-13(2)25-26-17)24-19(22-16)20(28)27-8-6-14(21-3)7-9-27/h4-5,10-11,14,21H,6-9H2,1-3H3,(H2,22,23,24,25,26). The van der Waals surface area contributed by atoms with Crippen LogP contribution in [-0.2, 0) is 0 Å². The summed E-state index contributed by atoms with van der Waals surface area (Å²) in [4.78, 5) is 24.0. The maximum absolute atomic E-state index is 13.0. The average molecular weight is 379 g/mol. The van der Waals surface area contributed by atoms with Crippen molar-refractivity contribution in [3.63, 3.8) is 0 Å². The van der Waals surface area contributed by atoms with Crippen LogP contribution < -0.4 is 10.6 Å². The molecular formula is C20H25N7O. The Morgan fingerprint density at radius 2 is 1.96 bits per heavy atom. The Morgan fingerprint density at radius 1 is 1.18 bits per heavy atom. The predicted molar refractivity (Wildman–Crippen MR) is 109 cm³/mol. The molecule has 146 valence electrons. The first-order valence-electron chi connectivity index (χ1n) is 9.57. The molecule has 0 bridgehead atoms. The number of anilines is 2. The molecule has 0 radical (unpaired) electrons. The van der Waals surface area contributed by atoms with E-state index in [0.717, 1.165) is 35.0 Å². The lowest BCUT2D eigenvalue weighted by Gasteiger charge is -2.31. The van der Waals surface area contributed by atoms with Crippen molar-refractivity contribution >= 4 is 28.4 Å². The molecule has 1 fully saturated rings. The van der Waals surface area contributed by atoms with E-state index < -0.39 is 0 Å². The van der Waals surface area contributed by atoms with Crippen LogP contribution in [0.1, 0.15) is 34.7 Å². The molecule has 0 spiro atoms. The van der Waals surface area contributed by atoms with Crippen LogP contribution in [0.2, 0.25) is 0 Å². The van der Waals surface area contributed by atoms with Crippen LogP contribution in [0.4, 0.5) is 11.6 Å². The average Bonchev–Trinajstić information content (AvgIpc) is 3.12. The summed E-state index contributed by atoms with van der Waals surface area (Å²) >= 11 is 0. The van der Waals surface area contributed by atoms with Gasteiger partial charge < -0.3 is 15.5 Å². The van der Waals surface area contributed by atoms with Crippen molar-refractivity contribution in [3.8, 4) is 0 Å². The van der Waals surface area contributed by atoms with E-state index in [2.05, 4.69) is 30.8 Å². The van der Waals surface area contributed by atoms with Gasteiger partial charge in [0.15, 0.2) is 5.82 Å². The summed E-state index contributed by atoms with van der Waals surface area (Å²) in [5.41, 5.74) is 2.79. The number of nitrogens with one attached hydrogen (secondary N) is 3. The first kappa shape index (κ1) is 18.4. The third kappa shape index (κ3) is 3.68. The SMILES string of the molecule is CNC1CCN(C(=O)c2nc(Nc3cc(C)[nH]n3)c3cc(C)ccc3n2)CC1. The number of piperidine rings is 1. The van der Waals surface area contributed by atoms with Crippen LogP contribution in [0.25, 0.3) is 10.9 Å². The zero-order valence-corrected chi connectivity index (χ0v) is 16.4. The monoisotopic (exact) mass is 379 g/mol. The van der Waals surface area contributed by atoms with Crippen LogP contribution in [0.3, 0.4) is 0 Å². The number of fused-ring (bicyclic) bond motifs is 1. The number of aromatic nitrogens is 4. The molecule has 0 unspecified atom stereocenters. The molecular weight excluding hydrogens is 354 g/mol. The van der Waals surface area contributed by atoms with E-state index >= 15 is 0 Å². The van der Waals surface area contributed by atoms with Gasteiger partial charge in [-0.1, -0.05) is 11.6 Å². The molecule has 4 rings (SSSR count). The third-order valence-electron chi connectivity index (χ3n) is 5.19. The van der Waals surface area contributed by atoms with Gasteiger partial charge in [0.2, 0.25) is 5.82 Å². The number of nitrogens with zero attached hydrogens (tertiary/aromatic N) is 4. The minimum Gasteiger partial charge on any atom is -0.336 e. The van der Waals surface area contributed by atoms with E-state index in [9.17, 15) is 4.79 Å². The first-order chi connectivity index (χ1) is 13.5. The summed E-state index contributed by atoms with van der Waals surface area (Å²) in [6, 6.07) is 8.30. The van der Waals surface area contributed by atoms with Crippen molar-refractivity contribution in [2.24, 2.45) is 0 Å². The van der Waals surface area contributed by atoms with Gasteiger partial charge in [0.1, 0.15) is 5.82 Å². The lowest BCUT2D eigenvalue weighted by Crippen LogP contribution is -2.44. The van der Waals surface area contributed by atoms with E-state index in [4.69, 9.17) is 0 Å². The van der Waals surface area contributed by atoms with Gasteiger partial charge in [0.25, 0.3) is 5.91 Å². The Labute approximate surface area is 163 Å². The summed E-state index contributed by atoms with van der Waals surface area (Å²) in [6.45, 7) is 5.37. The minimum atomic E-state index is -0.127. The number of benzene rings is 1. The van der Waals surface area contributed by atoms with Crippen molar-refractivity contribution in [1.82, 2.24) is 30.4 Å². The topological polar surface area (TPSA) is 98.8 Å². The maximum atomic E-state index is 13.0. The number of hydrogen-bond donors (Lipinski definition) is 3. The maximum Gasteiger partial charge on any atom is 0.291 e. The van der Waals surface area contributed by atoms with E-state index in [1.54, 1.807) is 0 Å². The Morgan fingerprint density at radius 3 is 2.64 bits per heavy atom. The van der Waals surface area contributed by atoms with Crippen LogP contribution in [0, 0.1) is 13.8 Å². The molecule has 0 atom stereocenters. The Kier molecular flexibility index (Phi) is 4.95. The van der Waals surface area contributed by atoms with Crippen LogP contribution in [0.5, 0.6) is 0 Å².